The molecule has 2 N–H and O–H groups in total. The second-order valence-electron chi connectivity index (χ2n) is 2.34. The van der Waals surface area contributed by atoms with Gasteiger partial charge in [-0.1, -0.05) is 6.07 Å². The number of nitrogens with one attached hydrogen (secondary N) is 1. The minimum Gasteiger partial charge on any atom is -0.465 e. The summed E-state index contributed by atoms with van der Waals surface area (Å²) in [6.45, 7) is 0. The molecule has 1 heterocycles. The topological polar surface area (TPSA) is 62.2 Å². The van der Waals surface area contributed by atoms with E-state index < -0.39 is 18.0 Å². The molecule has 0 atom stereocenters. The molecule has 0 radical (unpaired) electrons. The molecule has 0 aliphatic heterocycles. The number of rotatable bonds is 1. The van der Waals surface area contributed by atoms with Gasteiger partial charge in [-0.05, 0) is 12.1 Å². The summed E-state index contributed by atoms with van der Waals surface area (Å²) < 4.78 is 36.2. The molecule has 0 saturated heterocycles. The molecule has 0 saturated carbocycles. The van der Waals surface area contributed by atoms with Gasteiger partial charge in [0.05, 0.1) is 0 Å². The van der Waals surface area contributed by atoms with Gasteiger partial charge < -0.3 is 5.11 Å². The van der Waals surface area contributed by atoms with Crippen LogP contribution >= 0.6 is 0 Å². The number of hydrogen-bond acceptors (Lipinski definition) is 2. The van der Waals surface area contributed by atoms with E-state index in [1.165, 1.54) is 0 Å². The zero-order valence-corrected chi connectivity index (χ0v) is 6.67. The number of pyridine rings is 1. The highest BCUT2D eigenvalue weighted by atomic mass is 19.4. The van der Waals surface area contributed by atoms with Gasteiger partial charge in [-0.25, -0.2) is 9.78 Å². The van der Waals surface area contributed by atoms with Gasteiger partial charge in [0.1, 0.15) is 11.5 Å². The van der Waals surface area contributed by atoms with Crippen molar-refractivity contribution in [2.75, 3.05) is 5.32 Å². The molecule has 0 spiro atoms. The monoisotopic (exact) mass is 206 g/mol. The first-order chi connectivity index (χ1) is 6.39. The molecule has 76 valence electrons. The van der Waals surface area contributed by atoms with E-state index in [2.05, 4.69) is 4.98 Å². The van der Waals surface area contributed by atoms with E-state index in [9.17, 15) is 18.0 Å². The van der Waals surface area contributed by atoms with Crippen molar-refractivity contribution in [1.29, 1.82) is 0 Å². The average Bonchev–Trinajstić information content (AvgIpc) is 2.01. The Labute approximate surface area is 76.4 Å². The predicted molar refractivity (Wildman–Crippen MR) is 40.9 cm³/mol. The highest BCUT2D eigenvalue weighted by molar-refractivity contribution is 5.81. The average molecular weight is 206 g/mol. The van der Waals surface area contributed by atoms with Crippen LogP contribution in [0.3, 0.4) is 0 Å². The molecular formula is C7H5F3N2O2. The van der Waals surface area contributed by atoms with Gasteiger partial charge in [-0.3, -0.25) is 5.32 Å². The van der Waals surface area contributed by atoms with E-state index in [0.717, 1.165) is 18.2 Å². The van der Waals surface area contributed by atoms with Crippen LogP contribution in [0.4, 0.5) is 23.8 Å². The van der Waals surface area contributed by atoms with E-state index in [0.29, 0.717) is 0 Å². The van der Waals surface area contributed by atoms with E-state index in [1.807, 2.05) is 0 Å². The maximum Gasteiger partial charge on any atom is 0.433 e. The SMILES string of the molecule is O=C(O)Nc1cccc(C(F)(F)F)n1. The van der Waals surface area contributed by atoms with Crippen LogP contribution < -0.4 is 5.32 Å². The molecule has 0 aliphatic rings. The second kappa shape index (κ2) is 3.52. The fourth-order valence-corrected chi connectivity index (χ4v) is 0.772. The summed E-state index contributed by atoms with van der Waals surface area (Å²) in [6, 6.07) is 2.96. The standard InChI is InChI=1S/C7H5F3N2O2/c8-7(9,10)4-2-1-3-5(11-4)12-6(13)14/h1-3H,(H,11,12)(H,13,14). The van der Waals surface area contributed by atoms with Crippen molar-refractivity contribution in [2.24, 2.45) is 0 Å². The van der Waals surface area contributed by atoms with Crippen molar-refractivity contribution in [3.63, 3.8) is 0 Å². The predicted octanol–water partition coefficient (Wildman–Crippen LogP) is 2.19. The Bertz CT molecular complexity index is 351. The summed E-state index contributed by atoms with van der Waals surface area (Å²) in [5, 5.41) is 9.95. The summed E-state index contributed by atoms with van der Waals surface area (Å²) >= 11 is 0. The number of alkyl halides is 3. The van der Waals surface area contributed by atoms with Gasteiger partial charge in [0.25, 0.3) is 0 Å². The number of carboxylic acid groups (broad SMARTS) is 1. The van der Waals surface area contributed by atoms with Crippen LogP contribution in [0.25, 0.3) is 0 Å². The third-order valence-electron chi connectivity index (χ3n) is 1.27. The summed E-state index contributed by atoms with van der Waals surface area (Å²) in [5.74, 6) is -0.354. The smallest absolute Gasteiger partial charge is 0.433 e. The number of halogens is 3. The molecule has 14 heavy (non-hydrogen) atoms. The lowest BCUT2D eigenvalue weighted by atomic mass is 10.3. The summed E-state index contributed by atoms with van der Waals surface area (Å²) in [6.07, 6.45) is -6.03. The van der Waals surface area contributed by atoms with Crippen LogP contribution in [-0.4, -0.2) is 16.2 Å². The Morgan fingerprint density at radius 1 is 1.43 bits per heavy atom. The van der Waals surface area contributed by atoms with Gasteiger partial charge in [0, 0.05) is 0 Å². The summed E-state index contributed by atoms with van der Waals surface area (Å²) in [4.78, 5) is 13.2. The second-order valence-corrected chi connectivity index (χ2v) is 2.34. The lowest BCUT2D eigenvalue weighted by Gasteiger charge is -2.06. The van der Waals surface area contributed by atoms with Crippen LogP contribution in [0.1, 0.15) is 5.69 Å². The Kier molecular flexibility index (Phi) is 2.59. The fraction of sp³-hybridized carbons (Fsp3) is 0.143. The molecule has 7 heteroatoms. The number of amides is 1. The van der Waals surface area contributed by atoms with E-state index in [1.54, 1.807) is 5.32 Å². The molecule has 4 nitrogen and oxygen atoms in total. The van der Waals surface area contributed by atoms with Crippen LogP contribution in [0.2, 0.25) is 0 Å². The van der Waals surface area contributed by atoms with Gasteiger partial charge in [0.2, 0.25) is 0 Å². The van der Waals surface area contributed by atoms with Crippen molar-refractivity contribution in [3.05, 3.63) is 23.9 Å². The molecule has 0 fully saturated rings. The van der Waals surface area contributed by atoms with Crippen molar-refractivity contribution in [3.8, 4) is 0 Å². The first-order valence-corrected chi connectivity index (χ1v) is 3.44. The Morgan fingerprint density at radius 3 is 2.57 bits per heavy atom. The number of anilines is 1. The molecule has 0 unspecified atom stereocenters. The number of nitrogens with zero attached hydrogens (tertiary/aromatic N) is 1. The molecule has 1 aromatic heterocycles. The third-order valence-corrected chi connectivity index (χ3v) is 1.27. The normalized spacial score (nSPS) is 11.1. The number of hydrogen-bond donors (Lipinski definition) is 2. The van der Waals surface area contributed by atoms with E-state index >= 15 is 0 Å². The van der Waals surface area contributed by atoms with Crippen molar-refractivity contribution < 1.29 is 23.1 Å². The van der Waals surface area contributed by atoms with Crippen molar-refractivity contribution in [1.82, 2.24) is 4.98 Å². The maximum atomic E-state index is 12.1. The molecule has 0 aromatic carbocycles. The summed E-state index contributed by atoms with van der Waals surface area (Å²) in [7, 11) is 0. The Balaban J connectivity index is 2.95. The highest BCUT2D eigenvalue weighted by Crippen LogP contribution is 2.27. The van der Waals surface area contributed by atoms with Crippen LogP contribution in [0.15, 0.2) is 18.2 Å². The lowest BCUT2D eigenvalue weighted by Crippen LogP contribution is -2.13. The van der Waals surface area contributed by atoms with Gasteiger partial charge >= 0.3 is 12.3 Å². The van der Waals surface area contributed by atoms with Crippen molar-refractivity contribution >= 4 is 11.9 Å². The minimum absolute atomic E-state index is 0.354. The van der Waals surface area contributed by atoms with Crippen LogP contribution in [0.5, 0.6) is 0 Å². The quantitative estimate of drug-likeness (QED) is 0.740. The van der Waals surface area contributed by atoms with Gasteiger partial charge in [-0.2, -0.15) is 13.2 Å². The maximum absolute atomic E-state index is 12.1. The van der Waals surface area contributed by atoms with Crippen LogP contribution in [-0.2, 0) is 6.18 Å². The zero-order valence-electron chi connectivity index (χ0n) is 6.67. The first kappa shape index (κ1) is 10.3. The van der Waals surface area contributed by atoms with Crippen molar-refractivity contribution in [2.45, 2.75) is 6.18 Å². The summed E-state index contributed by atoms with van der Waals surface area (Å²) in [5.41, 5.74) is -1.14. The fourth-order valence-electron chi connectivity index (χ4n) is 0.772. The van der Waals surface area contributed by atoms with Crippen LogP contribution in [0, 0.1) is 0 Å². The largest absolute Gasteiger partial charge is 0.465 e. The van der Waals surface area contributed by atoms with Gasteiger partial charge in [0.15, 0.2) is 0 Å². The molecular weight excluding hydrogens is 201 g/mol. The lowest BCUT2D eigenvalue weighted by molar-refractivity contribution is -0.141. The van der Waals surface area contributed by atoms with E-state index in [-0.39, 0.29) is 5.82 Å². The zero-order chi connectivity index (χ0) is 10.8. The number of carbonyl (C=O) groups is 1. The highest BCUT2D eigenvalue weighted by Gasteiger charge is 2.32. The third kappa shape index (κ3) is 2.61. The van der Waals surface area contributed by atoms with Gasteiger partial charge in [-0.15, -0.1) is 0 Å². The molecule has 1 amide bonds. The number of aromatic nitrogens is 1. The first-order valence-electron chi connectivity index (χ1n) is 3.44. The Morgan fingerprint density at radius 2 is 2.07 bits per heavy atom. The molecule has 0 aliphatic carbocycles. The minimum atomic E-state index is -4.57. The molecule has 0 bridgehead atoms. The van der Waals surface area contributed by atoms with E-state index in [4.69, 9.17) is 5.11 Å². The molecule has 1 aromatic rings. The molecule has 1 rings (SSSR count). The Hall–Kier alpha value is -1.79.